The number of ether oxygens (including phenoxy) is 1. The average molecular weight is 156 g/mol. The van der Waals surface area contributed by atoms with Crippen LogP contribution in [0.4, 0.5) is 0 Å². The van der Waals surface area contributed by atoms with Crippen LogP contribution in [0.25, 0.3) is 0 Å². The molecule has 0 spiro atoms. The topological polar surface area (TPSA) is 26.3 Å². The first-order chi connectivity index (χ1) is 5.14. The van der Waals surface area contributed by atoms with Gasteiger partial charge in [-0.2, -0.15) is 0 Å². The molecule has 1 aliphatic rings. The summed E-state index contributed by atoms with van der Waals surface area (Å²) in [7, 11) is 0. The van der Waals surface area contributed by atoms with Gasteiger partial charge in [-0.15, -0.1) is 0 Å². The summed E-state index contributed by atoms with van der Waals surface area (Å²) in [4.78, 5) is 10.6. The van der Waals surface area contributed by atoms with Crippen molar-refractivity contribution < 1.29 is 9.53 Å². The van der Waals surface area contributed by atoms with Crippen molar-refractivity contribution in [3.05, 3.63) is 0 Å². The molecule has 1 aliphatic heterocycles. The molecule has 1 heterocycles. The normalized spacial score (nSPS) is 25.5. The highest BCUT2D eigenvalue weighted by Gasteiger charge is 2.25. The van der Waals surface area contributed by atoms with Gasteiger partial charge in [0.15, 0.2) is 0 Å². The molecule has 0 radical (unpaired) electrons. The summed E-state index contributed by atoms with van der Waals surface area (Å²) >= 11 is 0. The molecule has 0 aromatic heterocycles. The predicted octanol–water partition coefficient (Wildman–Crippen LogP) is 1.78. The Balaban J connectivity index is 2.33. The lowest BCUT2D eigenvalue weighted by Gasteiger charge is -2.20. The van der Waals surface area contributed by atoms with Crippen LogP contribution in [-0.2, 0) is 9.53 Å². The zero-order valence-corrected chi connectivity index (χ0v) is 7.30. The van der Waals surface area contributed by atoms with E-state index in [0.717, 1.165) is 32.2 Å². The van der Waals surface area contributed by atoms with E-state index in [1.807, 2.05) is 13.8 Å². The van der Waals surface area contributed by atoms with Gasteiger partial charge >= 0.3 is 0 Å². The molecule has 1 fully saturated rings. The number of carbonyl (C=O) groups excluding carboxylic acids is 1. The minimum atomic E-state index is -0.199. The molecule has 0 amide bonds. The lowest BCUT2D eigenvalue weighted by atomic mass is 9.88. The monoisotopic (exact) mass is 156 g/mol. The molecule has 0 N–H and O–H groups in total. The van der Waals surface area contributed by atoms with E-state index in [2.05, 4.69) is 0 Å². The van der Waals surface area contributed by atoms with Gasteiger partial charge in [0.2, 0.25) is 0 Å². The van der Waals surface area contributed by atoms with Gasteiger partial charge in [0.25, 0.3) is 0 Å². The standard InChI is InChI=1S/C9H16O2/c1-9(2,7-10)6-8-4-3-5-11-8/h7-8H,3-6H2,1-2H3/t8-/m0/s1. The van der Waals surface area contributed by atoms with Gasteiger partial charge in [-0.25, -0.2) is 0 Å². The second kappa shape index (κ2) is 3.35. The lowest BCUT2D eigenvalue weighted by Crippen LogP contribution is -2.21. The van der Waals surface area contributed by atoms with E-state index in [1.165, 1.54) is 0 Å². The zero-order chi connectivity index (χ0) is 8.32. The summed E-state index contributed by atoms with van der Waals surface area (Å²) in [5.41, 5.74) is -0.199. The Labute approximate surface area is 67.9 Å². The van der Waals surface area contributed by atoms with E-state index >= 15 is 0 Å². The van der Waals surface area contributed by atoms with Crippen molar-refractivity contribution in [3.8, 4) is 0 Å². The molecule has 0 aromatic carbocycles. The van der Waals surface area contributed by atoms with Gasteiger partial charge < -0.3 is 9.53 Å². The van der Waals surface area contributed by atoms with Crippen molar-refractivity contribution >= 4 is 6.29 Å². The first-order valence-corrected chi connectivity index (χ1v) is 4.22. The molecule has 0 saturated carbocycles. The summed E-state index contributed by atoms with van der Waals surface area (Å²) in [5, 5.41) is 0. The van der Waals surface area contributed by atoms with Crippen LogP contribution in [0, 0.1) is 5.41 Å². The SMILES string of the molecule is CC(C)(C=O)C[C@@H]1CCCO1. The molecule has 0 aliphatic carbocycles. The molecule has 0 aromatic rings. The largest absolute Gasteiger partial charge is 0.378 e. The van der Waals surface area contributed by atoms with Gasteiger partial charge in [-0.05, 0) is 19.3 Å². The van der Waals surface area contributed by atoms with Gasteiger partial charge in [0.1, 0.15) is 6.29 Å². The van der Waals surface area contributed by atoms with Crippen LogP contribution in [0.15, 0.2) is 0 Å². The van der Waals surface area contributed by atoms with Crippen molar-refractivity contribution in [2.75, 3.05) is 6.61 Å². The van der Waals surface area contributed by atoms with E-state index in [9.17, 15) is 4.79 Å². The number of rotatable bonds is 3. The van der Waals surface area contributed by atoms with Gasteiger partial charge in [-0.1, -0.05) is 13.8 Å². The molecule has 1 saturated heterocycles. The average Bonchev–Trinajstić information content (AvgIpc) is 2.39. The predicted molar refractivity (Wildman–Crippen MR) is 43.4 cm³/mol. The third-order valence-corrected chi connectivity index (χ3v) is 2.10. The molecule has 64 valence electrons. The number of aldehydes is 1. The minimum absolute atomic E-state index is 0.199. The van der Waals surface area contributed by atoms with Crippen LogP contribution in [0.3, 0.4) is 0 Å². The molecule has 0 unspecified atom stereocenters. The van der Waals surface area contributed by atoms with Crippen molar-refractivity contribution in [2.24, 2.45) is 5.41 Å². The highest BCUT2D eigenvalue weighted by molar-refractivity contribution is 5.57. The Morgan fingerprint density at radius 2 is 2.36 bits per heavy atom. The van der Waals surface area contributed by atoms with Gasteiger partial charge in [-0.3, -0.25) is 0 Å². The van der Waals surface area contributed by atoms with Gasteiger partial charge in [0.05, 0.1) is 6.10 Å². The number of hydrogen-bond donors (Lipinski definition) is 0. The van der Waals surface area contributed by atoms with E-state index in [0.29, 0.717) is 6.10 Å². The molecule has 2 nitrogen and oxygen atoms in total. The van der Waals surface area contributed by atoms with Gasteiger partial charge in [0, 0.05) is 12.0 Å². The maximum atomic E-state index is 10.6. The summed E-state index contributed by atoms with van der Waals surface area (Å²) < 4.78 is 5.43. The number of carbonyl (C=O) groups is 1. The summed E-state index contributed by atoms with van der Waals surface area (Å²) in [5.74, 6) is 0. The van der Waals surface area contributed by atoms with Crippen molar-refractivity contribution in [2.45, 2.75) is 39.2 Å². The molecule has 1 rings (SSSR count). The maximum Gasteiger partial charge on any atom is 0.125 e. The van der Waals surface area contributed by atoms with Crippen LogP contribution >= 0.6 is 0 Å². The lowest BCUT2D eigenvalue weighted by molar-refractivity contribution is -0.116. The smallest absolute Gasteiger partial charge is 0.125 e. The molecular weight excluding hydrogens is 140 g/mol. The summed E-state index contributed by atoms with van der Waals surface area (Å²) in [6, 6.07) is 0. The van der Waals surface area contributed by atoms with E-state index in [-0.39, 0.29) is 5.41 Å². The fourth-order valence-electron chi connectivity index (χ4n) is 1.44. The van der Waals surface area contributed by atoms with Crippen molar-refractivity contribution in [1.29, 1.82) is 0 Å². The Hall–Kier alpha value is -0.370. The molecular formula is C9H16O2. The summed E-state index contributed by atoms with van der Waals surface area (Å²) in [6.07, 6.45) is 4.50. The van der Waals surface area contributed by atoms with Crippen LogP contribution in [0.1, 0.15) is 33.1 Å². The maximum absolute atomic E-state index is 10.6. The molecule has 11 heavy (non-hydrogen) atoms. The fourth-order valence-corrected chi connectivity index (χ4v) is 1.44. The fraction of sp³-hybridized carbons (Fsp3) is 0.889. The van der Waals surface area contributed by atoms with Crippen LogP contribution < -0.4 is 0 Å². The first-order valence-electron chi connectivity index (χ1n) is 4.22. The third kappa shape index (κ3) is 2.62. The third-order valence-electron chi connectivity index (χ3n) is 2.10. The van der Waals surface area contributed by atoms with Crippen LogP contribution in [0.5, 0.6) is 0 Å². The molecule has 1 atom stereocenters. The first kappa shape index (κ1) is 8.72. The Bertz CT molecular complexity index is 134. The Kier molecular flexibility index (Phi) is 2.66. The van der Waals surface area contributed by atoms with E-state index in [4.69, 9.17) is 4.74 Å². The molecule has 0 bridgehead atoms. The van der Waals surface area contributed by atoms with Crippen molar-refractivity contribution in [1.82, 2.24) is 0 Å². The van der Waals surface area contributed by atoms with E-state index < -0.39 is 0 Å². The van der Waals surface area contributed by atoms with Crippen LogP contribution in [-0.4, -0.2) is 19.0 Å². The minimum Gasteiger partial charge on any atom is -0.378 e. The Morgan fingerprint density at radius 3 is 2.82 bits per heavy atom. The second-order valence-electron chi connectivity index (χ2n) is 3.95. The zero-order valence-electron chi connectivity index (χ0n) is 7.30. The number of hydrogen-bond acceptors (Lipinski definition) is 2. The highest BCUT2D eigenvalue weighted by Crippen LogP contribution is 2.26. The van der Waals surface area contributed by atoms with Crippen molar-refractivity contribution in [3.63, 3.8) is 0 Å². The second-order valence-corrected chi connectivity index (χ2v) is 3.95. The van der Waals surface area contributed by atoms with Crippen LogP contribution in [0.2, 0.25) is 0 Å². The van der Waals surface area contributed by atoms with E-state index in [1.54, 1.807) is 0 Å². The highest BCUT2D eigenvalue weighted by atomic mass is 16.5. The molecule has 2 heteroatoms. The summed E-state index contributed by atoms with van der Waals surface area (Å²) in [6.45, 7) is 4.79. The Morgan fingerprint density at radius 1 is 1.64 bits per heavy atom. The quantitative estimate of drug-likeness (QED) is 0.582.